The summed E-state index contributed by atoms with van der Waals surface area (Å²) in [5, 5.41) is 0. The van der Waals surface area contributed by atoms with Crippen LogP contribution in [-0.4, -0.2) is 52.6 Å². The highest BCUT2D eigenvalue weighted by Gasteiger charge is 2.31. The van der Waals surface area contributed by atoms with E-state index in [0.29, 0.717) is 11.6 Å². The fraction of sp³-hybridized carbons (Fsp3) is 0.625. The number of pyridine rings is 1. The van der Waals surface area contributed by atoms with E-state index in [1.54, 1.807) is 12.4 Å². The Labute approximate surface area is 130 Å². The molecule has 4 nitrogen and oxygen atoms in total. The number of thioether (sulfide) groups is 1. The van der Waals surface area contributed by atoms with E-state index in [1.165, 1.54) is 0 Å². The number of rotatable bonds is 4. The van der Waals surface area contributed by atoms with Gasteiger partial charge in [0, 0.05) is 37.3 Å². The van der Waals surface area contributed by atoms with E-state index in [0.717, 1.165) is 49.5 Å². The zero-order valence-corrected chi connectivity index (χ0v) is 13.3. The molecular formula is C16H22N2O2S. The van der Waals surface area contributed by atoms with Crippen molar-refractivity contribution in [2.75, 3.05) is 24.7 Å². The summed E-state index contributed by atoms with van der Waals surface area (Å²) in [5.74, 6) is 2.29. The molecule has 0 aromatic carbocycles. The molecule has 1 amide bonds. The maximum absolute atomic E-state index is 12.9. The Kier molecular flexibility index (Phi) is 4.80. The highest BCUT2D eigenvalue weighted by Crippen LogP contribution is 2.26. The molecular weight excluding hydrogens is 284 g/mol. The number of aromatic nitrogens is 1. The predicted octanol–water partition coefficient (Wildman–Crippen LogP) is 2.52. The monoisotopic (exact) mass is 306 g/mol. The second-order valence-corrected chi connectivity index (χ2v) is 7.01. The van der Waals surface area contributed by atoms with Crippen LogP contribution in [-0.2, 0) is 4.74 Å². The predicted molar refractivity (Wildman–Crippen MR) is 84.7 cm³/mol. The number of carbonyl (C=O) groups is 1. The number of nitrogens with zero attached hydrogens (tertiary/aromatic N) is 2. The van der Waals surface area contributed by atoms with E-state index in [9.17, 15) is 4.79 Å². The minimum atomic E-state index is 0.106. The van der Waals surface area contributed by atoms with Crippen LogP contribution in [0.1, 0.15) is 35.2 Å². The summed E-state index contributed by atoms with van der Waals surface area (Å²) in [7, 11) is 0. The van der Waals surface area contributed by atoms with Crippen LogP contribution in [0.3, 0.4) is 0 Å². The molecule has 0 radical (unpaired) electrons. The average molecular weight is 306 g/mol. The molecule has 0 N–H and O–H groups in total. The van der Waals surface area contributed by atoms with Gasteiger partial charge in [-0.05, 0) is 43.6 Å². The number of carbonyl (C=O) groups excluding carboxylic acids is 1. The molecule has 114 valence electrons. The van der Waals surface area contributed by atoms with Crippen molar-refractivity contribution in [3.8, 4) is 0 Å². The fourth-order valence-corrected chi connectivity index (χ4v) is 4.24. The Hall–Kier alpha value is -1.07. The van der Waals surface area contributed by atoms with Gasteiger partial charge in [-0.3, -0.25) is 9.78 Å². The van der Waals surface area contributed by atoms with Gasteiger partial charge in [-0.1, -0.05) is 0 Å². The number of hydrogen-bond acceptors (Lipinski definition) is 4. The summed E-state index contributed by atoms with van der Waals surface area (Å²) < 4.78 is 5.74. The summed E-state index contributed by atoms with van der Waals surface area (Å²) >= 11 is 1.93. The summed E-state index contributed by atoms with van der Waals surface area (Å²) in [6.07, 6.45) is 6.93. The van der Waals surface area contributed by atoms with Crippen molar-refractivity contribution in [2.45, 2.75) is 38.3 Å². The largest absolute Gasteiger partial charge is 0.376 e. The van der Waals surface area contributed by atoms with E-state index in [1.807, 2.05) is 29.7 Å². The van der Waals surface area contributed by atoms with Crippen molar-refractivity contribution >= 4 is 17.7 Å². The normalized spacial score (nSPS) is 25.2. The Morgan fingerprint density at radius 1 is 1.48 bits per heavy atom. The average Bonchev–Trinajstić information content (AvgIpc) is 3.17. The number of hydrogen-bond donors (Lipinski definition) is 0. The summed E-state index contributed by atoms with van der Waals surface area (Å²) in [6.45, 7) is 3.52. The van der Waals surface area contributed by atoms with Gasteiger partial charge in [0.25, 0.3) is 5.91 Å². The van der Waals surface area contributed by atoms with E-state index >= 15 is 0 Å². The third-order valence-electron chi connectivity index (χ3n) is 4.15. The van der Waals surface area contributed by atoms with Crippen molar-refractivity contribution in [2.24, 2.45) is 0 Å². The third kappa shape index (κ3) is 3.58. The zero-order valence-electron chi connectivity index (χ0n) is 12.5. The first kappa shape index (κ1) is 14.9. The number of ether oxygens (including phenoxy) is 1. The van der Waals surface area contributed by atoms with Crippen LogP contribution in [0.15, 0.2) is 18.5 Å². The van der Waals surface area contributed by atoms with Gasteiger partial charge in [0.15, 0.2) is 0 Å². The lowest BCUT2D eigenvalue weighted by atomic mass is 10.1. The van der Waals surface area contributed by atoms with Crippen molar-refractivity contribution in [3.05, 3.63) is 29.6 Å². The summed E-state index contributed by atoms with van der Waals surface area (Å²) in [6, 6.07) is 2.27. The molecule has 0 spiro atoms. The minimum absolute atomic E-state index is 0.106. The van der Waals surface area contributed by atoms with Crippen molar-refractivity contribution < 1.29 is 9.53 Å². The fourth-order valence-electron chi connectivity index (χ4n) is 3.01. The highest BCUT2D eigenvalue weighted by atomic mass is 32.2. The molecule has 3 rings (SSSR count). The van der Waals surface area contributed by atoms with Gasteiger partial charge >= 0.3 is 0 Å². The Balaban J connectivity index is 1.77. The van der Waals surface area contributed by atoms with Crippen LogP contribution in [0.2, 0.25) is 0 Å². The lowest BCUT2D eigenvalue weighted by Gasteiger charge is -2.30. The topological polar surface area (TPSA) is 42.4 Å². The van der Waals surface area contributed by atoms with Gasteiger partial charge in [-0.25, -0.2) is 0 Å². The Bertz CT molecular complexity index is 497. The molecule has 2 fully saturated rings. The van der Waals surface area contributed by atoms with Crippen LogP contribution in [0.25, 0.3) is 0 Å². The van der Waals surface area contributed by atoms with E-state index in [-0.39, 0.29) is 12.0 Å². The van der Waals surface area contributed by atoms with Crippen LogP contribution in [0, 0.1) is 6.92 Å². The SMILES string of the molecule is Cc1cncc(C(=O)N(C[C@@H]2CCCO2)[C@H]2CCSC2)c1. The molecule has 2 saturated heterocycles. The molecule has 2 aliphatic heterocycles. The van der Waals surface area contributed by atoms with Crippen molar-refractivity contribution in [3.63, 3.8) is 0 Å². The number of aryl methyl sites for hydroxylation is 1. The second-order valence-electron chi connectivity index (χ2n) is 5.86. The molecule has 21 heavy (non-hydrogen) atoms. The lowest BCUT2D eigenvalue weighted by Crippen LogP contribution is -2.44. The maximum Gasteiger partial charge on any atom is 0.255 e. The second kappa shape index (κ2) is 6.79. The van der Waals surface area contributed by atoms with Gasteiger partial charge in [-0.15, -0.1) is 0 Å². The molecule has 3 heterocycles. The quantitative estimate of drug-likeness (QED) is 0.857. The molecule has 2 aliphatic rings. The maximum atomic E-state index is 12.9. The van der Waals surface area contributed by atoms with Gasteiger partial charge in [0.05, 0.1) is 11.7 Å². The Morgan fingerprint density at radius 2 is 2.38 bits per heavy atom. The lowest BCUT2D eigenvalue weighted by molar-refractivity contribution is 0.0441. The standard InChI is InChI=1S/C16H22N2O2S/c1-12-7-13(9-17-8-12)16(19)18(14-4-6-21-11-14)10-15-3-2-5-20-15/h7-9,14-15H,2-6,10-11H2,1H3/t14-,15-/m0/s1. The van der Waals surface area contributed by atoms with E-state index in [4.69, 9.17) is 4.74 Å². The van der Waals surface area contributed by atoms with Crippen molar-refractivity contribution in [1.82, 2.24) is 9.88 Å². The van der Waals surface area contributed by atoms with Crippen LogP contribution in [0.5, 0.6) is 0 Å². The minimum Gasteiger partial charge on any atom is -0.376 e. The zero-order chi connectivity index (χ0) is 14.7. The first-order chi connectivity index (χ1) is 10.2. The van der Waals surface area contributed by atoms with Crippen molar-refractivity contribution in [1.29, 1.82) is 0 Å². The molecule has 1 aromatic heterocycles. The van der Waals surface area contributed by atoms with E-state index in [2.05, 4.69) is 4.98 Å². The van der Waals surface area contributed by atoms with E-state index < -0.39 is 0 Å². The smallest absolute Gasteiger partial charge is 0.255 e. The molecule has 0 unspecified atom stereocenters. The molecule has 5 heteroatoms. The highest BCUT2D eigenvalue weighted by molar-refractivity contribution is 7.99. The third-order valence-corrected chi connectivity index (χ3v) is 5.30. The van der Waals surface area contributed by atoms with Crippen LogP contribution >= 0.6 is 11.8 Å². The first-order valence-corrected chi connectivity index (χ1v) is 8.81. The van der Waals surface area contributed by atoms with Gasteiger partial charge in [0.1, 0.15) is 0 Å². The van der Waals surface area contributed by atoms with Gasteiger partial charge < -0.3 is 9.64 Å². The molecule has 0 saturated carbocycles. The first-order valence-electron chi connectivity index (χ1n) is 7.66. The van der Waals surface area contributed by atoms with Gasteiger partial charge in [-0.2, -0.15) is 11.8 Å². The molecule has 1 aromatic rings. The Morgan fingerprint density at radius 3 is 3.05 bits per heavy atom. The molecule has 0 aliphatic carbocycles. The molecule has 2 atom stereocenters. The summed E-state index contributed by atoms with van der Waals surface area (Å²) in [5.41, 5.74) is 1.73. The van der Waals surface area contributed by atoms with Crippen LogP contribution < -0.4 is 0 Å². The van der Waals surface area contributed by atoms with Gasteiger partial charge in [0.2, 0.25) is 0 Å². The summed E-state index contributed by atoms with van der Waals surface area (Å²) in [4.78, 5) is 19.1. The number of amides is 1. The molecule has 0 bridgehead atoms. The van der Waals surface area contributed by atoms with Crippen LogP contribution in [0.4, 0.5) is 0 Å².